The second-order valence-electron chi connectivity index (χ2n) is 4.84. The Morgan fingerprint density at radius 2 is 2.06 bits per heavy atom. The van der Waals surface area contributed by atoms with Crippen LogP contribution in [0.1, 0.15) is 31.2 Å². The van der Waals surface area contributed by atoms with Crippen molar-refractivity contribution in [3.05, 3.63) is 35.6 Å². The minimum absolute atomic E-state index is 0.175. The number of hydrogen-bond donors (Lipinski definition) is 2. The minimum Gasteiger partial charge on any atom is -0.338 e. The molecule has 1 aromatic rings. The molecule has 0 aromatic heterocycles. The fourth-order valence-electron chi connectivity index (χ4n) is 2.34. The van der Waals surface area contributed by atoms with E-state index in [9.17, 15) is 9.18 Å². The first-order valence-electron chi connectivity index (χ1n) is 6.50. The van der Waals surface area contributed by atoms with Crippen LogP contribution in [0.15, 0.2) is 24.3 Å². The van der Waals surface area contributed by atoms with E-state index in [1.54, 1.807) is 12.1 Å². The van der Waals surface area contributed by atoms with Crippen LogP contribution in [0.2, 0.25) is 0 Å². The number of benzene rings is 1. The van der Waals surface area contributed by atoms with Gasteiger partial charge in [0.25, 0.3) is 0 Å². The normalized spacial score (nSPS) is 15.6. The number of urea groups is 1. The third-order valence-electron chi connectivity index (χ3n) is 3.37. The third kappa shape index (κ3) is 4.02. The lowest BCUT2D eigenvalue weighted by molar-refractivity contribution is 0.238. The summed E-state index contributed by atoms with van der Waals surface area (Å²) in [4.78, 5) is 11.5. The van der Waals surface area contributed by atoms with Crippen molar-refractivity contribution in [2.45, 2.75) is 32.2 Å². The van der Waals surface area contributed by atoms with Crippen molar-refractivity contribution >= 4 is 6.03 Å². The molecule has 2 amide bonds. The van der Waals surface area contributed by atoms with Crippen molar-refractivity contribution in [2.24, 2.45) is 5.92 Å². The van der Waals surface area contributed by atoms with Crippen LogP contribution >= 0.6 is 0 Å². The molecule has 1 aliphatic rings. The molecule has 1 aromatic carbocycles. The molecule has 1 saturated carbocycles. The molecule has 4 heteroatoms. The Morgan fingerprint density at radius 1 is 1.28 bits per heavy atom. The molecule has 2 rings (SSSR count). The number of hydrogen-bond acceptors (Lipinski definition) is 1. The summed E-state index contributed by atoms with van der Waals surface area (Å²) in [6.45, 7) is 1.10. The Balaban J connectivity index is 1.68. The van der Waals surface area contributed by atoms with Crippen molar-refractivity contribution in [3.8, 4) is 0 Å². The van der Waals surface area contributed by atoms with Crippen LogP contribution in [-0.2, 0) is 6.54 Å². The Hall–Kier alpha value is -1.58. The summed E-state index contributed by atoms with van der Waals surface area (Å²) in [7, 11) is 0. The Morgan fingerprint density at radius 3 is 2.78 bits per heavy atom. The van der Waals surface area contributed by atoms with Gasteiger partial charge in [0.1, 0.15) is 5.82 Å². The van der Waals surface area contributed by atoms with Crippen LogP contribution in [0.3, 0.4) is 0 Å². The van der Waals surface area contributed by atoms with Crippen LogP contribution in [-0.4, -0.2) is 12.6 Å². The van der Waals surface area contributed by atoms with Crippen molar-refractivity contribution in [3.63, 3.8) is 0 Å². The standard InChI is InChI=1S/C14H19FN2O/c15-13-7-3-6-12(8-13)10-17-14(18)16-9-11-4-1-2-5-11/h3,6-8,11H,1-2,4-5,9-10H2,(H2,16,17,18). The van der Waals surface area contributed by atoms with Crippen LogP contribution < -0.4 is 10.6 Å². The highest BCUT2D eigenvalue weighted by molar-refractivity contribution is 5.73. The quantitative estimate of drug-likeness (QED) is 0.847. The van der Waals surface area contributed by atoms with Crippen LogP contribution in [0.5, 0.6) is 0 Å². The number of carbonyl (C=O) groups excluding carboxylic acids is 1. The van der Waals surface area contributed by atoms with E-state index >= 15 is 0 Å². The zero-order valence-corrected chi connectivity index (χ0v) is 10.4. The van der Waals surface area contributed by atoms with Gasteiger partial charge in [-0.3, -0.25) is 0 Å². The SMILES string of the molecule is O=C(NCc1cccc(F)c1)NCC1CCCC1. The number of halogens is 1. The zero-order valence-electron chi connectivity index (χ0n) is 10.4. The fraction of sp³-hybridized carbons (Fsp3) is 0.500. The first kappa shape index (κ1) is 12.9. The molecule has 0 unspecified atom stereocenters. The summed E-state index contributed by atoms with van der Waals surface area (Å²) in [6.07, 6.45) is 4.98. The van der Waals surface area contributed by atoms with Gasteiger partial charge in [0.15, 0.2) is 0 Å². The van der Waals surface area contributed by atoms with Crippen molar-refractivity contribution in [1.29, 1.82) is 0 Å². The minimum atomic E-state index is -0.277. The van der Waals surface area contributed by atoms with Gasteiger partial charge in [-0.15, -0.1) is 0 Å². The molecule has 18 heavy (non-hydrogen) atoms. The summed E-state index contributed by atoms with van der Waals surface area (Å²) in [5, 5.41) is 5.60. The number of amides is 2. The molecule has 2 N–H and O–H groups in total. The molecule has 0 aliphatic heterocycles. The van der Waals surface area contributed by atoms with Crippen LogP contribution in [0.4, 0.5) is 9.18 Å². The fourth-order valence-corrected chi connectivity index (χ4v) is 2.34. The van der Waals surface area contributed by atoms with Crippen LogP contribution in [0, 0.1) is 11.7 Å². The summed E-state index contributed by atoms with van der Waals surface area (Å²) in [5.41, 5.74) is 0.769. The van der Waals surface area contributed by atoms with E-state index in [2.05, 4.69) is 10.6 Å². The number of rotatable bonds is 4. The molecule has 98 valence electrons. The van der Waals surface area contributed by atoms with Gasteiger partial charge < -0.3 is 10.6 Å². The average molecular weight is 250 g/mol. The van der Waals surface area contributed by atoms with E-state index in [1.807, 2.05) is 0 Å². The molecule has 1 aliphatic carbocycles. The second-order valence-corrected chi connectivity index (χ2v) is 4.84. The Kier molecular flexibility index (Phi) is 4.56. The molecule has 1 fully saturated rings. The van der Waals surface area contributed by atoms with Gasteiger partial charge in [-0.05, 0) is 36.5 Å². The van der Waals surface area contributed by atoms with Gasteiger partial charge in [-0.2, -0.15) is 0 Å². The van der Waals surface area contributed by atoms with E-state index in [-0.39, 0.29) is 11.8 Å². The Bertz CT molecular complexity index is 403. The van der Waals surface area contributed by atoms with E-state index < -0.39 is 0 Å². The number of nitrogens with one attached hydrogen (secondary N) is 2. The Labute approximate surface area is 107 Å². The van der Waals surface area contributed by atoms with Crippen molar-refractivity contribution < 1.29 is 9.18 Å². The van der Waals surface area contributed by atoms with Gasteiger partial charge >= 0.3 is 6.03 Å². The third-order valence-corrected chi connectivity index (χ3v) is 3.37. The lowest BCUT2D eigenvalue weighted by Gasteiger charge is -2.11. The van der Waals surface area contributed by atoms with Gasteiger partial charge in [0.2, 0.25) is 0 Å². The highest BCUT2D eigenvalue weighted by Crippen LogP contribution is 2.23. The average Bonchev–Trinajstić information content (AvgIpc) is 2.87. The van der Waals surface area contributed by atoms with Crippen molar-refractivity contribution in [2.75, 3.05) is 6.54 Å². The topological polar surface area (TPSA) is 41.1 Å². The molecule has 0 atom stereocenters. The summed E-state index contributed by atoms with van der Waals surface area (Å²) in [6, 6.07) is 6.08. The van der Waals surface area contributed by atoms with Gasteiger partial charge in [0, 0.05) is 13.1 Å². The highest BCUT2D eigenvalue weighted by atomic mass is 19.1. The maximum atomic E-state index is 12.9. The van der Waals surface area contributed by atoms with Gasteiger partial charge in [-0.1, -0.05) is 25.0 Å². The van der Waals surface area contributed by atoms with Crippen LogP contribution in [0.25, 0.3) is 0 Å². The van der Waals surface area contributed by atoms with Gasteiger partial charge in [-0.25, -0.2) is 9.18 Å². The predicted molar refractivity (Wildman–Crippen MR) is 68.6 cm³/mol. The number of carbonyl (C=O) groups is 1. The zero-order chi connectivity index (χ0) is 12.8. The van der Waals surface area contributed by atoms with E-state index in [0.717, 1.165) is 12.1 Å². The second kappa shape index (κ2) is 6.38. The molecule has 0 heterocycles. The first-order chi connectivity index (χ1) is 8.74. The van der Waals surface area contributed by atoms with E-state index in [1.165, 1.54) is 37.8 Å². The lowest BCUT2D eigenvalue weighted by atomic mass is 10.1. The lowest BCUT2D eigenvalue weighted by Crippen LogP contribution is -2.37. The molecule has 0 radical (unpaired) electrons. The molecule has 3 nitrogen and oxygen atoms in total. The highest BCUT2D eigenvalue weighted by Gasteiger charge is 2.15. The van der Waals surface area contributed by atoms with E-state index in [4.69, 9.17) is 0 Å². The largest absolute Gasteiger partial charge is 0.338 e. The summed E-state index contributed by atoms with van der Waals surface area (Å²) >= 11 is 0. The molecular weight excluding hydrogens is 231 g/mol. The molecular formula is C14H19FN2O. The predicted octanol–water partition coefficient (Wildman–Crippen LogP) is 2.82. The maximum absolute atomic E-state index is 12.9. The smallest absolute Gasteiger partial charge is 0.315 e. The molecule has 0 spiro atoms. The van der Waals surface area contributed by atoms with Gasteiger partial charge in [0.05, 0.1) is 0 Å². The molecule has 0 saturated heterocycles. The van der Waals surface area contributed by atoms with Crippen molar-refractivity contribution in [1.82, 2.24) is 10.6 Å². The summed E-state index contributed by atoms with van der Waals surface area (Å²) in [5.74, 6) is 0.352. The maximum Gasteiger partial charge on any atom is 0.315 e. The van der Waals surface area contributed by atoms with E-state index in [0.29, 0.717) is 12.5 Å². The first-order valence-corrected chi connectivity index (χ1v) is 6.50. The molecule has 0 bridgehead atoms. The monoisotopic (exact) mass is 250 g/mol. The summed E-state index contributed by atoms with van der Waals surface area (Å²) < 4.78 is 12.9.